The van der Waals surface area contributed by atoms with Crippen LogP contribution in [0.1, 0.15) is 12.8 Å². The molecule has 0 spiro atoms. The molecule has 3 amide bonds. The van der Waals surface area contributed by atoms with Gasteiger partial charge in [0.15, 0.2) is 0 Å². The van der Waals surface area contributed by atoms with Crippen molar-refractivity contribution in [3.8, 4) is 0 Å². The van der Waals surface area contributed by atoms with Crippen LogP contribution in [0, 0.1) is 0 Å². The number of nitrogens with zero attached hydrogens (tertiary/aromatic N) is 1. The highest BCUT2D eigenvalue weighted by Gasteiger charge is 2.35. The van der Waals surface area contributed by atoms with Crippen molar-refractivity contribution in [1.82, 2.24) is 15.5 Å². The van der Waals surface area contributed by atoms with Crippen molar-refractivity contribution in [2.24, 2.45) is 5.73 Å². The summed E-state index contributed by atoms with van der Waals surface area (Å²) in [6.07, 6.45) is 1.17. The number of nitrogens with two attached hydrogens (primary N) is 1. The first-order chi connectivity index (χ1) is 10.4. The van der Waals surface area contributed by atoms with Gasteiger partial charge in [-0.25, -0.2) is 0 Å². The lowest BCUT2D eigenvalue weighted by molar-refractivity contribution is -0.139. The highest BCUT2D eigenvalue weighted by Crippen LogP contribution is 2.17. The van der Waals surface area contributed by atoms with Crippen molar-refractivity contribution in [3.63, 3.8) is 0 Å². The SMILES string of the molecule is NCC(=O)N1CCCC1C(=O)NC(CS)C(=O)NCC(=O)O. The van der Waals surface area contributed by atoms with E-state index < -0.39 is 36.4 Å². The first-order valence-corrected chi connectivity index (χ1v) is 7.44. The minimum atomic E-state index is -1.19. The van der Waals surface area contributed by atoms with Crippen molar-refractivity contribution >= 4 is 36.3 Å². The average molecular weight is 332 g/mol. The van der Waals surface area contributed by atoms with Gasteiger partial charge in [-0.2, -0.15) is 12.6 Å². The zero-order valence-corrected chi connectivity index (χ0v) is 12.8. The number of hydrogen-bond donors (Lipinski definition) is 5. The van der Waals surface area contributed by atoms with Gasteiger partial charge in [0.05, 0.1) is 6.54 Å². The Balaban J connectivity index is 2.62. The molecular formula is C12H20N4O5S. The molecule has 0 bridgehead atoms. The molecule has 1 aliphatic heterocycles. The van der Waals surface area contributed by atoms with Crippen LogP contribution in [-0.2, 0) is 19.2 Å². The first kappa shape index (κ1) is 18.2. The van der Waals surface area contributed by atoms with Gasteiger partial charge < -0.3 is 26.4 Å². The van der Waals surface area contributed by atoms with Crippen molar-refractivity contribution < 1.29 is 24.3 Å². The summed E-state index contributed by atoms with van der Waals surface area (Å²) < 4.78 is 0. The van der Waals surface area contributed by atoms with Gasteiger partial charge in [-0.3, -0.25) is 19.2 Å². The van der Waals surface area contributed by atoms with E-state index in [0.717, 1.165) is 0 Å². The molecule has 9 nitrogen and oxygen atoms in total. The molecule has 22 heavy (non-hydrogen) atoms. The second-order valence-electron chi connectivity index (χ2n) is 4.80. The quantitative estimate of drug-likeness (QED) is 0.328. The van der Waals surface area contributed by atoms with Crippen LogP contribution in [0.5, 0.6) is 0 Å². The van der Waals surface area contributed by atoms with Gasteiger partial charge in [0, 0.05) is 12.3 Å². The Morgan fingerprint density at radius 1 is 1.36 bits per heavy atom. The van der Waals surface area contributed by atoms with Crippen LogP contribution in [0.4, 0.5) is 0 Å². The minimum Gasteiger partial charge on any atom is -0.480 e. The van der Waals surface area contributed by atoms with Gasteiger partial charge in [0.1, 0.15) is 18.6 Å². The van der Waals surface area contributed by atoms with Crippen molar-refractivity contribution in [1.29, 1.82) is 0 Å². The molecule has 0 saturated carbocycles. The molecule has 124 valence electrons. The number of carbonyl (C=O) groups is 4. The van der Waals surface area contributed by atoms with Crippen molar-refractivity contribution in [2.75, 3.05) is 25.4 Å². The van der Waals surface area contributed by atoms with Gasteiger partial charge in [-0.1, -0.05) is 0 Å². The number of likely N-dealkylation sites (tertiary alicyclic amines) is 1. The maximum absolute atomic E-state index is 12.2. The molecule has 1 aliphatic rings. The summed E-state index contributed by atoms with van der Waals surface area (Å²) in [5, 5.41) is 13.2. The fourth-order valence-electron chi connectivity index (χ4n) is 2.20. The van der Waals surface area contributed by atoms with E-state index in [9.17, 15) is 19.2 Å². The van der Waals surface area contributed by atoms with Crippen LogP contribution in [0.2, 0.25) is 0 Å². The third kappa shape index (κ3) is 4.88. The lowest BCUT2D eigenvalue weighted by Crippen LogP contribution is -2.54. The van der Waals surface area contributed by atoms with Crippen molar-refractivity contribution in [2.45, 2.75) is 24.9 Å². The van der Waals surface area contributed by atoms with Crippen LogP contribution < -0.4 is 16.4 Å². The van der Waals surface area contributed by atoms with Gasteiger partial charge in [-0.05, 0) is 12.8 Å². The lowest BCUT2D eigenvalue weighted by Gasteiger charge is -2.25. The largest absolute Gasteiger partial charge is 0.480 e. The molecular weight excluding hydrogens is 312 g/mol. The topological polar surface area (TPSA) is 142 Å². The predicted molar refractivity (Wildman–Crippen MR) is 80.2 cm³/mol. The standard InChI is InChI=1S/C12H20N4O5S/c13-4-9(17)16-3-1-2-8(16)12(21)15-7(6-22)11(20)14-5-10(18)19/h7-8,22H,1-6,13H2,(H,14,20)(H,15,21)(H,18,19). The number of rotatable bonds is 7. The summed E-state index contributed by atoms with van der Waals surface area (Å²) in [4.78, 5) is 47.4. The monoisotopic (exact) mass is 332 g/mol. The van der Waals surface area contributed by atoms with E-state index in [0.29, 0.717) is 19.4 Å². The number of carboxylic acids is 1. The van der Waals surface area contributed by atoms with E-state index in [1.54, 1.807) is 0 Å². The molecule has 1 heterocycles. The maximum Gasteiger partial charge on any atom is 0.322 e. The molecule has 0 radical (unpaired) electrons. The van der Waals surface area contributed by atoms with Crippen molar-refractivity contribution in [3.05, 3.63) is 0 Å². The molecule has 10 heteroatoms. The van der Waals surface area contributed by atoms with Gasteiger partial charge in [-0.15, -0.1) is 0 Å². The minimum absolute atomic E-state index is 0.00868. The Labute approximate surface area is 133 Å². The van der Waals surface area contributed by atoms with Crippen LogP contribution in [0.3, 0.4) is 0 Å². The van der Waals surface area contributed by atoms with Gasteiger partial charge in [0.2, 0.25) is 17.7 Å². The molecule has 0 aromatic heterocycles. The highest BCUT2D eigenvalue weighted by atomic mass is 32.1. The number of carbonyl (C=O) groups excluding carboxylic acids is 3. The number of hydrogen-bond acceptors (Lipinski definition) is 6. The van der Waals surface area contributed by atoms with Crippen LogP contribution in [0.25, 0.3) is 0 Å². The molecule has 1 rings (SSSR count). The molecule has 1 saturated heterocycles. The summed E-state index contributed by atoms with van der Waals surface area (Å²) in [6, 6.07) is -1.63. The van der Waals surface area contributed by atoms with E-state index in [1.807, 2.05) is 0 Å². The molecule has 0 aliphatic carbocycles. The maximum atomic E-state index is 12.2. The normalized spacial score (nSPS) is 18.6. The molecule has 1 fully saturated rings. The summed E-state index contributed by atoms with van der Waals surface area (Å²) in [6.45, 7) is -0.274. The third-order valence-electron chi connectivity index (χ3n) is 3.28. The zero-order valence-electron chi connectivity index (χ0n) is 11.9. The number of carboxylic acid groups (broad SMARTS) is 1. The van der Waals surface area contributed by atoms with Crippen LogP contribution in [-0.4, -0.2) is 71.2 Å². The number of nitrogens with one attached hydrogen (secondary N) is 2. The van der Waals surface area contributed by atoms with E-state index in [-0.39, 0.29) is 18.2 Å². The molecule has 0 aromatic carbocycles. The Morgan fingerprint density at radius 3 is 2.59 bits per heavy atom. The average Bonchev–Trinajstić information content (AvgIpc) is 2.98. The Kier molecular flexibility index (Phi) is 7.12. The number of thiol groups is 1. The van der Waals surface area contributed by atoms with E-state index in [4.69, 9.17) is 10.8 Å². The number of amides is 3. The van der Waals surface area contributed by atoms with Crippen LogP contribution in [0.15, 0.2) is 0 Å². The van der Waals surface area contributed by atoms with Gasteiger partial charge >= 0.3 is 5.97 Å². The molecule has 0 aromatic rings. The molecule has 5 N–H and O–H groups in total. The van der Waals surface area contributed by atoms with E-state index >= 15 is 0 Å². The smallest absolute Gasteiger partial charge is 0.322 e. The zero-order chi connectivity index (χ0) is 16.7. The Hall–Kier alpha value is -1.81. The first-order valence-electron chi connectivity index (χ1n) is 6.81. The molecule has 2 atom stereocenters. The summed E-state index contributed by atoms with van der Waals surface area (Å²) in [5.41, 5.74) is 5.30. The number of aliphatic carboxylic acids is 1. The fraction of sp³-hybridized carbons (Fsp3) is 0.667. The fourth-order valence-corrected chi connectivity index (χ4v) is 2.46. The van der Waals surface area contributed by atoms with Crippen LogP contribution >= 0.6 is 12.6 Å². The second kappa shape index (κ2) is 8.59. The second-order valence-corrected chi connectivity index (χ2v) is 5.17. The van der Waals surface area contributed by atoms with Gasteiger partial charge in [0.25, 0.3) is 0 Å². The Bertz CT molecular complexity index is 459. The molecule has 2 unspecified atom stereocenters. The summed E-state index contributed by atoms with van der Waals surface area (Å²) in [7, 11) is 0. The highest BCUT2D eigenvalue weighted by molar-refractivity contribution is 7.80. The Morgan fingerprint density at radius 2 is 2.05 bits per heavy atom. The summed E-state index contributed by atoms with van der Waals surface area (Å²) in [5.74, 6) is -2.61. The predicted octanol–water partition coefficient (Wildman–Crippen LogP) is -2.45. The summed E-state index contributed by atoms with van der Waals surface area (Å²) >= 11 is 3.97. The van der Waals surface area contributed by atoms with E-state index in [2.05, 4.69) is 23.3 Å². The lowest BCUT2D eigenvalue weighted by atomic mass is 10.2. The third-order valence-corrected chi connectivity index (χ3v) is 3.64. The van der Waals surface area contributed by atoms with E-state index in [1.165, 1.54) is 4.90 Å².